The monoisotopic (exact) mass is 214 g/mol. The highest BCUT2D eigenvalue weighted by atomic mass is 16.2. The van der Waals surface area contributed by atoms with E-state index >= 15 is 0 Å². The molecular weight excluding hydrogens is 200 g/mol. The summed E-state index contributed by atoms with van der Waals surface area (Å²) >= 11 is 0. The maximum Gasteiger partial charge on any atom is 0.272 e. The van der Waals surface area contributed by atoms with Crippen LogP contribution in [0.25, 0.3) is 10.9 Å². The van der Waals surface area contributed by atoms with Gasteiger partial charge in [0, 0.05) is 19.0 Å². The summed E-state index contributed by atoms with van der Waals surface area (Å²) in [4.78, 5) is 17.9. The SMILES string of the molecule is CCN(C)C(=O)c1ccc2ccccc2n1. The molecule has 0 radical (unpaired) electrons. The first-order valence-corrected chi connectivity index (χ1v) is 5.33. The Hall–Kier alpha value is -1.90. The van der Waals surface area contributed by atoms with Crippen LogP contribution in [0.15, 0.2) is 36.4 Å². The number of rotatable bonds is 2. The second-order valence-electron chi connectivity index (χ2n) is 3.71. The summed E-state index contributed by atoms with van der Waals surface area (Å²) in [5.41, 5.74) is 1.36. The van der Waals surface area contributed by atoms with Gasteiger partial charge in [0.1, 0.15) is 5.69 Å². The fraction of sp³-hybridized carbons (Fsp3) is 0.231. The number of amides is 1. The van der Waals surface area contributed by atoms with Gasteiger partial charge in [0.05, 0.1) is 5.52 Å². The van der Waals surface area contributed by atoms with Crippen molar-refractivity contribution in [2.75, 3.05) is 13.6 Å². The number of hydrogen-bond donors (Lipinski definition) is 0. The van der Waals surface area contributed by atoms with Crippen molar-refractivity contribution in [2.24, 2.45) is 0 Å². The largest absolute Gasteiger partial charge is 0.341 e. The molecule has 1 aromatic carbocycles. The molecule has 0 aliphatic heterocycles. The molecule has 2 rings (SSSR count). The number of pyridine rings is 1. The summed E-state index contributed by atoms with van der Waals surface area (Å²) < 4.78 is 0. The second-order valence-corrected chi connectivity index (χ2v) is 3.71. The summed E-state index contributed by atoms with van der Waals surface area (Å²) in [6.45, 7) is 2.63. The van der Waals surface area contributed by atoms with Crippen molar-refractivity contribution in [3.05, 3.63) is 42.1 Å². The number of fused-ring (bicyclic) bond motifs is 1. The van der Waals surface area contributed by atoms with Crippen LogP contribution in [0.3, 0.4) is 0 Å². The van der Waals surface area contributed by atoms with Gasteiger partial charge >= 0.3 is 0 Å². The van der Waals surface area contributed by atoms with Crippen LogP contribution < -0.4 is 0 Å². The van der Waals surface area contributed by atoms with Crippen molar-refractivity contribution < 1.29 is 4.79 Å². The third-order valence-corrected chi connectivity index (χ3v) is 2.64. The Morgan fingerprint density at radius 1 is 1.25 bits per heavy atom. The van der Waals surface area contributed by atoms with Gasteiger partial charge in [0.2, 0.25) is 0 Å². The van der Waals surface area contributed by atoms with Crippen LogP contribution >= 0.6 is 0 Å². The van der Waals surface area contributed by atoms with Crippen LogP contribution in [-0.4, -0.2) is 29.4 Å². The molecule has 0 N–H and O–H groups in total. The van der Waals surface area contributed by atoms with Crippen LogP contribution in [0.4, 0.5) is 0 Å². The van der Waals surface area contributed by atoms with E-state index in [0.717, 1.165) is 10.9 Å². The lowest BCUT2D eigenvalue weighted by molar-refractivity contribution is 0.0797. The number of carbonyl (C=O) groups is 1. The Morgan fingerprint density at radius 3 is 2.75 bits per heavy atom. The van der Waals surface area contributed by atoms with Crippen LogP contribution in [0.1, 0.15) is 17.4 Å². The molecule has 0 atom stereocenters. The first-order valence-electron chi connectivity index (χ1n) is 5.33. The lowest BCUT2D eigenvalue weighted by Gasteiger charge is -2.13. The minimum atomic E-state index is -0.0340. The smallest absolute Gasteiger partial charge is 0.272 e. The van der Waals surface area contributed by atoms with Crippen molar-refractivity contribution in [1.82, 2.24) is 9.88 Å². The summed E-state index contributed by atoms with van der Waals surface area (Å²) in [5.74, 6) is -0.0340. The third kappa shape index (κ3) is 1.89. The van der Waals surface area contributed by atoms with Crippen LogP contribution in [0.2, 0.25) is 0 Å². The molecule has 0 fully saturated rings. The van der Waals surface area contributed by atoms with Gasteiger partial charge in [0.25, 0.3) is 5.91 Å². The highest BCUT2D eigenvalue weighted by molar-refractivity contribution is 5.94. The van der Waals surface area contributed by atoms with Gasteiger partial charge in [-0.05, 0) is 19.1 Å². The zero-order valence-electron chi connectivity index (χ0n) is 9.47. The molecule has 2 aromatic rings. The zero-order valence-corrected chi connectivity index (χ0v) is 9.47. The highest BCUT2D eigenvalue weighted by Crippen LogP contribution is 2.12. The summed E-state index contributed by atoms with van der Waals surface area (Å²) in [6, 6.07) is 11.5. The molecular formula is C13H14N2O. The Bertz CT molecular complexity index is 522. The van der Waals surface area contributed by atoms with E-state index in [1.165, 1.54) is 0 Å². The van der Waals surface area contributed by atoms with E-state index in [4.69, 9.17) is 0 Å². The Labute approximate surface area is 94.7 Å². The predicted molar refractivity (Wildman–Crippen MR) is 64.4 cm³/mol. The normalized spacial score (nSPS) is 10.4. The third-order valence-electron chi connectivity index (χ3n) is 2.64. The molecule has 0 aliphatic carbocycles. The standard InChI is InChI=1S/C13H14N2O/c1-3-15(2)13(16)12-9-8-10-6-4-5-7-11(10)14-12/h4-9H,3H2,1-2H3. The van der Waals surface area contributed by atoms with Crippen LogP contribution in [0.5, 0.6) is 0 Å². The number of para-hydroxylation sites is 1. The molecule has 1 amide bonds. The van der Waals surface area contributed by atoms with Gasteiger partial charge in [-0.15, -0.1) is 0 Å². The van der Waals surface area contributed by atoms with Crippen molar-refractivity contribution in [3.8, 4) is 0 Å². The number of benzene rings is 1. The van der Waals surface area contributed by atoms with Crippen LogP contribution in [-0.2, 0) is 0 Å². The molecule has 3 nitrogen and oxygen atoms in total. The molecule has 82 valence electrons. The van der Waals surface area contributed by atoms with Gasteiger partial charge in [-0.25, -0.2) is 4.98 Å². The minimum absolute atomic E-state index is 0.0340. The van der Waals surface area contributed by atoms with Gasteiger partial charge in [0.15, 0.2) is 0 Å². The second kappa shape index (κ2) is 4.31. The van der Waals surface area contributed by atoms with Crippen LogP contribution in [0, 0.1) is 0 Å². The lowest BCUT2D eigenvalue weighted by Crippen LogP contribution is -2.26. The van der Waals surface area contributed by atoms with E-state index in [1.54, 1.807) is 18.0 Å². The summed E-state index contributed by atoms with van der Waals surface area (Å²) in [6.07, 6.45) is 0. The minimum Gasteiger partial charge on any atom is -0.341 e. The molecule has 0 unspecified atom stereocenters. The summed E-state index contributed by atoms with van der Waals surface area (Å²) in [5, 5.41) is 1.05. The molecule has 0 saturated heterocycles. The van der Waals surface area contributed by atoms with E-state index in [2.05, 4.69) is 4.98 Å². The fourth-order valence-corrected chi connectivity index (χ4v) is 1.52. The maximum absolute atomic E-state index is 11.9. The van der Waals surface area contributed by atoms with Crippen molar-refractivity contribution in [1.29, 1.82) is 0 Å². The molecule has 0 spiro atoms. The van der Waals surface area contributed by atoms with E-state index < -0.39 is 0 Å². The Balaban J connectivity index is 2.43. The van der Waals surface area contributed by atoms with Crippen molar-refractivity contribution in [3.63, 3.8) is 0 Å². The highest BCUT2D eigenvalue weighted by Gasteiger charge is 2.11. The van der Waals surface area contributed by atoms with Gasteiger partial charge in [-0.3, -0.25) is 4.79 Å². The fourth-order valence-electron chi connectivity index (χ4n) is 1.52. The van der Waals surface area contributed by atoms with Gasteiger partial charge < -0.3 is 4.90 Å². The average molecular weight is 214 g/mol. The number of nitrogens with zero attached hydrogens (tertiary/aromatic N) is 2. The molecule has 16 heavy (non-hydrogen) atoms. The lowest BCUT2D eigenvalue weighted by atomic mass is 10.2. The molecule has 1 aromatic heterocycles. The molecule has 0 saturated carbocycles. The Morgan fingerprint density at radius 2 is 2.00 bits per heavy atom. The number of aromatic nitrogens is 1. The molecule has 0 bridgehead atoms. The van der Waals surface area contributed by atoms with E-state index in [-0.39, 0.29) is 5.91 Å². The predicted octanol–water partition coefficient (Wildman–Crippen LogP) is 2.33. The molecule has 0 aliphatic rings. The Kier molecular flexibility index (Phi) is 2.86. The maximum atomic E-state index is 11.9. The number of carbonyl (C=O) groups excluding carboxylic acids is 1. The first-order chi connectivity index (χ1) is 7.72. The topological polar surface area (TPSA) is 33.2 Å². The quantitative estimate of drug-likeness (QED) is 0.768. The molecule has 1 heterocycles. The van der Waals surface area contributed by atoms with E-state index in [1.807, 2.05) is 37.3 Å². The van der Waals surface area contributed by atoms with E-state index in [0.29, 0.717) is 12.2 Å². The van der Waals surface area contributed by atoms with Crippen molar-refractivity contribution in [2.45, 2.75) is 6.92 Å². The van der Waals surface area contributed by atoms with Crippen molar-refractivity contribution >= 4 is 16.8 Å². The summed E-state index contributed by atoms with van der Waals surface area (Å²) in [7, 11) is 1.78. The van der Waals surface area contributed by atoms with E-state index in [9.17, 15) is 4.79 Å². The van der Waals surface area contributed by atoms with Gasteiger partial charge in [-0.1, -0.05) is 24.3 Å². The number of hydrogen-bond acceptors (Lipinski definition) is 2. The first kappa shape index (κ1) is 10.6. The van der Waals surface area contributed by atoms with Gasteiger partial charge in [-0.2, -0.15) is 0 Å². The average Bonchev–Trinajstić information content (AvgIpc) is 2.36. The zero-order chi connectivity index (χ0) is 11.5. The molecule has 3 heteroatoms.